The van der Waals surface area contributed by atoms with Crippen molar-refractivity contribution in [2.75, 3.05) is 18.6 Å². The van der Waals surface area contributed by atoms with Crippen LogP contribution in [0.4, 0.5) is 0 Å². The lowest BCUT2D eigenvalue weighted by atomic mass is 10.2. The lowest BCUT2D eigenvalue weighted by Crippen LogP contribution is -2.43. The summed E-state index contributed by atoms with van der Waals surface area (Å²) in [5, 5.41) is 2.69. The van der Waals surface area contributed by atoms with Crippen LogP contribution in [0.5, 0.6) is 0 Å². The van der Waals surface area contributed by atoms with Gasteiger partial charge in [0.05, 0.1) is 7.11 Å². The number of hydrogen-bond donors (Lipinski definition) is 1. The predicted octanol–water partition coefficient (Wildman–Crippen LogP) is 1.21. The van der Waals surface area contributed by atoms with Crippen molar-refractivity contribution >= 4 is 33.5 Å². The Labute approximate surface area is 97.3 Å². The normalized spacial score (nSPS) is 24.1. The maximum absolute atomic E-state index is 11.4. The van der Waals surface area contributed by atoms with E-state index in [9.17, 15) is 9.59 Å². The van der Waals surface area contributed by atoms with E-state index >= 15 is 0 Å². The molecule has 0 spiro atoms. The van der Waals surface area contributed by atoms with Gasteiger partial charge in [-0.3, -0.25) is 4.79 Å². The van der Waals surface area contributed by atoms with E-state index in [4.69, 9.17) is 0 Å². The Balaban J connectivity index is 2.50. The molecular formula is C9H15NO3S2. The summed E-state index contributed by atoms with van der Waals surface area (Å²) < 4.78 is 4.63. The van der Waals surface area contributed by atoms with Crippen LogP contribution in [0, 0.1) is 0 Å². The van der Waals surface area contributed by atoms with Gasteiger partial charge < -0.3 is 10.1 Å². The van der Waals surface area contributed by atoms with Crippen molar-refractivity contribution in [2.24, 2.45) is 0 Å². The van der Waals surface area contributed by atoms with Gasteiger partial charge in [-0.1, -0.05) is 21.6 Å². The van der Waals surface area contributed by atoms with E-state index in [1.54, 1.807) is 21.6 Å². The second kappa shape index (κ2) is 7.00. The van der Waals surface area contributed by atoms with Crippen molar-refractivity contribution in [1.82, 2.24) is 5.32 Å². The summed E-state index contributed by atoms with van der Waals surface area (Å²) in [4.78, 5) is 22.7. The second-order valence-corrected chi connectivity index (χ2v) is 5.83. The lowest BCUT2D eigenvalue weighted by molar-refractivity contribution is -0.144. The molecule has 1 rings (SSSR count). The molecular weight excluding hydrogens is 234 g/mol. The molecule has 6 heteroatoms. The maximum atomic E-state index is 11.4. The zero-order chi connectivity index (χ0) is 11.1. The molecule has 1 N–H and O–H groups in total. The van der Waals surface area contributed by atoms with Crippen LogP contribution in [0.3, 0.4) is 0 Å². The summed E-state index contributed by atoms with van der Waals surface area (Å²) in [6.45, 7) is 0. The van der Waals surface area contributed by atoms with Crippen LogP contribution >= 0.6 is 21.6 Å². The topological polar surface area (TPSA) is 55.4 Å². The van der Waals surface area contributed by atoms with E-state index in [0.29, 0.717) is 12.2 Å². The number of ether oxygens (including phenoxy) is 1. The van der Waals surface area contributed by atoms with E-state index < -0.39 is 6.04 Å². The molecule has 0 bridgehead atoms. The minimum absolute atomic E-state index is 0.0575. The van der Waals surface area contributed by atoms with Gasteiger partial charge in [-0.25, -0.2) is 4.79 Å². The minimum atomic E-state index is -0.502. The largest absolute Gasteiger partial charge is 0.467 e. The molecule has 1 aliphatic heterocycles. The first-order valence-corrected chi connectivity index (χ1v) is 7.34. The molecule has 1 saturated heterocycles. The van der Waals surface area contributed by atoms with Crippen molar-refractivity contribution in [3.8, 4) is 0 Å². The predicted molar refractivity (Wildman–Crippen MR) is 62.7 cm³/mol. The van der Waals surface area contributed by atoms with Gasteiger partial charge in [0, 0.05) is 17.9 Å². The van der Waals surface area contributed by atoms with Gasteiger partial charge in [-0.15, -0.1) is 0 Å². The first kappa shape index (κ1) is 12.7. The summed E-state index contributed by atoms with van der Waals surface area (Å²) in [5.74, 6) is 1.18. The molecule has 0 radical (unpaired) electrons. The van der Waals surface area contributed by atoms with Gasteiger partial charge in [0.1, 0.15) is 6.04 Å². The molecule has 0 aromatic carbocycles. The van der Waals surface area contributed by atoms with Crippen LogP contribution < -0.4 is 5.32 Å². The van der Waals surface area contributed by atoms with E-state index in [2.05, 4.69) is 10.1 Å². The van der Waals surface area contributed by atoms with E-state index in [0.717, 1.165) is 18.6 Å². The Bertz CT molecular complexity index is 235. The average Bonchev–Trinajstić information content (AvgIpc) is 2.25. The fraction of sp³-hybridized carbons (Fsp3) is 0.778. The molecule has 1 atom stereocenters. The van der Waals surface area contributed by atoms with Gasteiger partial charge in [0.15, 0.2) is 0 Å². The standard InChI is InChI=1S/C9H15NO3S2/c1-13-9(12)7-6-15-14-5-3-2-4-8(11)10-7/h7H,2-6H2,1H3,(H,10,11)/t7-/m0/s1. The molecule has 1 amide bonds. The molecule has 1 aliphatic rings. The molecule has 86 valence electrons. The van der Waals surface area contributed by atoms with E-state index in [-0.39, 0.29) is 11.9 Å². The number of esters is 1. The van der Waals surface area contributed by atoms with Gasteiger partial charge in [-0.05, 0) is 12.8 Å². The van der Waals surface area contributed by atoms with Gasteiger partial charge in [-0.2, -0.15) is 0 Å². The molecule has 15 heavy (non-hydrogen) atoms. The average molecular weight is 249 g/mol. The Morgan fingerprint density at radius 1 is 1.47 bits per heavy atom. The number of amides is 1. The molecule has 0 unspecified atom stereocenters. The van der Waals surface area contributed by atoms with E-state index in [1.165, 1.54) is 7.11 Å². The first-order valence-electron chi connectivity index (χ1n) is 4.85. The summed E-state index contributed by atoms with van der Waals surface area (Å²) in [6, 6.07) is -0.502. The van der Waals surface area contributed by atoms with Crippen molar-refractivity contribution in [1.29, 1.82) is 0 Å². The molecule has 1 heterocycles. The quantitative estimate of drug-likeness (QED) is 0.559. The van der Waals surface area contributed by atoms with Gasteiger partial charge >= 0.3 is 5.97 Å². The minimum Gasteiger partial charge on any atom is -0.467 e. The van der Waals surface area contributed by atoms with Crippen LogP contribution in [-0.4, -0.2) is 36.5 Å². The highest BCUT2D eigenvalue weighted by Crippen LogP contribution is 2.24. The van der Waals surface area contributed by atoms with Crippen molar-refractivity contribution < 1.29 is 14.3 Å². The Morgan fingerprint density at radius 2 is 2.27 bits per heavy atom. The number of nitrogens with one attached hydrogen (secondary N) is 1. The molecule has 1 fully saturated rings. The fourth-order valence-electron chi connectivity index (χ4n) is 1.20. The first-order chi connectivity index (χ1) is 7.24. The van der Waals surface area contributed by atoms with Crippen LogP contribution in [0.2, 0.25) is 0 Å². The number of carbonyl (C=O) groups is 2. The summed E-state index contributed by atoms with van der Waals surface area (Å²) in [6.07, 6.45) is 2.43. The SMILES string of the molecule is COC(=O)[C@@H]1CSSCCCCC(=O)N1. The lowest BCUT2D eigenvalue weighted by Gasteiger charge is -2.17. The third-order valence-corrected chi connectivity index (χ3v) is 4.52. The van der Waals surface area contributed by atoms with E-state index in [1.807, 2.05) is 0 Å². The highest BCUT2D eigenvalue weighted by atomic mass is 33.1. The Kier molecular flexibility index (Phi) is 5.93. The summed E-state index contributed by atoms with van der Waals surface area (Å²) in [7, 11) is 4.69. The highest BCUT2D eigenvalue weighted by Gasteiger charge is 2.21. The maximum Gasteiger partial charge on any atom is 0.329 e. The molecule has 4 nitrogen and oxygen atoms in total. The van der Waals surface area contributed by atoms with Crippen molar-refractivity contribution in [3.05, 3.63) is 0 Å². The Hall–Kier alpha value is -0.360. The monoisotopic (exact) mass is 249 g/mol. The zero-order valence-corrected chi connectivity index (χ0v) is 10.3. The molecule has 0 aromatic rings. The van der Waals surface area contributed by atoms with Crippen molar-refractivity contribution in [2.45, 2.75) is 25.3 Å². The number of methoxy groups -OCH3 is 1. The summed E-state index contributed by atoms with van der Waals surface area (Å²) in [5.41, 5.74) is 0. The molecule has 0 saturated carbocycles. The van der Waals surface area contributed by atoms with Crippen molar-refractivity contribution in [3.63, 3.8) is 0 Å². The third kappa shape index (κ3) is 4.79. The number of rotatable bonds is 1. The number of carbonyl (C=O) groups excluding carboxylic acids is 2. The highest BCUT2D eigenvalue weighted by molar-refractivity contribution is 8.76. The fourth-order valence-corrected chi connectivity index (χ4v) is 3.49. The molecule has 0 aliphatic carbocycles. The van der Waals surface area contributed by atoms with Gasteiger partial charge in [0.2, 0.25) is 5.91 Å². The van der Waals surface area contributed by atoms with Gasteiger partial charge in [0.25, 0.3) is 0 Å². The van der Waals surface area contributed by atoms with Crippen LogP contribution in [0.1, 0.15) is 19.3 Å². The smallest absolute Gasteiger partial charge is 0.329 e. The second-order valence-electron chi connectivity index (χ2n) is 3.21. The third-order valence-electron chi connectivity index (χ3n) is 2.02. The number of hydrogen-bond acceptors (Lipinski definition) is 5. The molecule has 0 aromatic heterocycles. The zero-order valence-electron chi connectivity index (χ0n) is 8.65. The Morgan fingerprint density at radius 3 is 3.00 bits per heavy atom. The van der Waals surface area contributed by atoms with Crippen LogP contribution in [0.25, 0.3) is 0 Å². The van der Waals surface area contributed by atoms with Crippen LogP contribution in [-0.2, 0) is 14.3 Å². The summed E-state index contributed by atoms with van der Waals surface area (Å²) >= 11 is 0. The van der Waals surface area contributed by atoms with Crippen LogP contribution in [0.15, 0.2) is 0 Å².